The van der Waals surface area contributed by atoms with Crippen molar-refractivity contribution in [3.63, 3.8) is 0 Å². The summed E-state index contributed by atoms with van der Waals surface area (Å²) in [7, 11) is 0. The number of nitrogens with one attached hydrogen (secondary N) is 2. The Hall–Kier alpha value is -1.22. The molecule has 1 aliphatic heterocycles. The molecule has 3 heteroatoms. The zero-order valence-corrected chi connectivity index (χ0v) is 10.4. The second kappa shape index (κ2) is 4.34. The molecule has 0 aliphatic carbocycles. The third-order valence-electron chi connectivity index (χ3n) is 2.98. The fraction of sp³-hybridized carbons (Fsp3) is 0.538. The molecule has 16 heavy (non-hydrogen) atoms. The molecule has 0 saturated carbocycles. The topological polar surface area (TPSA) is 33.3 Å². The van der Waals surface area contributed by atoms with Gasteiger partial charge in [0.2, 0.25) is 0 Å². The maximum atomic E-state index is 5.17. The van der Waals surface area contributed by atoms with Crippen LogP contribution in [0.1, 0.15) is 50.7 Å². The summed E-state index contributed by atoms with van der Waals surface area (Å²) in [5.41, 5.74) is 8.03. The highest BCUT2D eigenvalue weighted by Gasteiger charge is 2.19. The first-order valence-electron chi connectivity index (χ1n) is 5.89. The van der Waals surface area contributed by atoms with Crippen molar-refractivity contribution in [3.05, 3.63) is 23.3 Å². The Balaban J connectivity index is 2.57. The largest absolute Gasteiger partial charge is 0.359 e. The van der Waals surface area contributed by atoms with E-state index in [0.29, 0.717) is 18.6 Å². The summed E-state index contributed by atoms with van der Waals surface area (Å²) >= 11 is 0. The molecule has 2 rings (SSSR count). The minimum atomic E-state index is 0.514. The van der Waals surface area contributed by atoms with Crippen LogP contribution >= 0.6 is 0 Å². The van der Waals surface area contributed by atoms with Crippen LogP contribution in [-0.2, 0) is 4.84 Å². The van der Waals surface area contributed by atoms with Crippen LogP contribution in [0.5, 0.6) is 0 Å². The van der Waals surface area contributed by atoms with Gasteiger partial charge in [-0.3, -0.25) is 10.3 Å². The highest BCUT2D eigenvalue weighted by molar-refractivity contribution is 5.75. The number of fused-ring (bicyclic) bond motifs is 1. The third kappa shape index (κ3) is 1.87. The molecule has 0 fully saturated rings. The van der Waals surface area contributed by atoms with Crippen LogP contribution in [0.15, 0.2) is 12.1 Å². The molecule has 0 amide bonds. The summed E-state index contributed by atoms with van der Waals surface area (Å²) < 4.78 is 0. The van der Waals surface area contributed by atoms with Gasteiger partial charge in [0.1, 0.15) is 6.73 Å². The number of rotatable bonds is 2. The standard InChI is InChI=1S/C13H20N2O/c1-8(2)10-5-6-11-13(12(10)9(3)4)14-7-16-15-11/h5-6,8-9,14-15H,7H2,1-4H3. The Morgan fingerprint density at radius 2 is 1.88 bits per heavy atom. The van der Waals surface area contributed by atoms with Crippen LogP contribution in [-0.4, -0.2) is 6.73 Å². The maximum Gasteiger partial charge on any atom is 0.144 e. The lowest BCUT2D eigenvalue weighted by Crippen LogP contribution is -2.20. The van der Waals surface area contributed by atoms with Crippen molar-refractivity contribution in [1.29, 1.82) is 0 Å². The quantitative estimate of drug-likeness (QED) is 0.798. The highest BCUT2D eigenvalue weighted by Crippen LogP contribution is 2.38. The van der Waals surface area contributed by atoms with E-state index < -0.39 is 0 Å². The summed E-state index contributed by atoms with van der Waals surface area (Å²) in [5, 5.41) is 3.32. The number of hydrogen-bond donors (Lipinski definition) is 2. The lowest BCUT2D eigenvalue weighted by molar-refractivity contribution is 0.209. The Bertz CT molecular complexity index is 386. The van der Waals surface area contributed by atoms with Crippen molar-refractivity contribution in [3.8, 4) is 0 Å². The molecule has 0 aromatic heterocycles. The minimum absolute atomic E-state index is 0.514. The minimum Gasteiger partial charge on any atom is -0.359 e. The summed E-state index contributed by atoms with van der Waals surface area (Å²) in [6, 6.07) is 4.28. The molecule has 1 aromatic carbocycles. The van der Waals surface area contributed by atoms with Crippen molar-refractivity contribution in [1.82, 2.24) is 0 Å². The van der Waals surface area contributed by atoms with Crippen molar-refractivity contribution in [2.24, 2.45) is 0 Å². The van der Waals surface area contributed by atoms with Crippen molar-refractivity contribution >= 4 is 11.4 Å². The van der Waals surface area contributed by atoms with Crippen LogP contribution < -0.4 is 10.8 Å². The van der Waals surface area contributed by atoms with E-state index in [2.05, 4.69) is 50.6 Å². The van der Waals surface area contributed by atoms with Crippen molar-refractivity contribution < 1.29 is 4.84 Å². The van der Waals surface area contributed by atoms with Gasteiger partial charge in [-0.15, -0.1) is 0 Å². The summed E-state index contributed by atoms with van der Waals surface area (Å²) in [5.74, 6) is 1.06. The molecular weight excluding hydrogens is 200 g/mol. The normalized spacial score (nSPS) is 14.6. The van der Waals surface area contributed by atoms with Gasteiger partial charge in [0.05, 0.1) is 11.4 Å². The van der Waals surface area contributed by atoms with E-state index in [4.69, 9.17) is 4.84 Å². The molecule has 0 bridgehead atoms. The van der Waals surface area contributed by atoms with Crippen molar-refractivity contribution in [2.45, 2.75) is 39.5 Å². The molecule has 1 aliphatic rings. The first-order valence-corrected chi connectivity index (χ1v) is 5.89. The average molecular weight is 220 g/mol. The lowest BCUT2D eigenvalue weighted by Gasteiger charge is -2.27. The summed E-state index contributed by atoms with van der Waals surface area (Å²) in [6.07, 6.45) is 0. The molecule has 2 N–H and O–H groups in total. The molecule has 0 radical (unpaired) electrons. The predicted molar refractivity (Wildman–Crippen MR) is 67.8 cm³/mol. The van der Waals surface area contributed by atoms with Crippen LogP contribution in [0.3, 0.4) is 0 Å². The van der Waals surface area contributed by atoms with Crippen molar-refractivity contribution in [2.75, 3.05) is 17.5 Å². The second-order valence-corrected chi connectivity index (χ2v) is 4.87. The first kappa shape index (κ1) is 11.3. The Morgan fingerprint density at radius 3 is 2.50 bits per heavy atom. The van der Waals surface area contributed by atoms with Gasteiger partial charge in [-0.2, -0.15) is 0 Å². The highest BCUT2D eigenvalue weighted by atomic mass is 16.7. The molecule has 0 atom stereocenters. The van der Waals surface area contributed by atoms with Crippen LogP contribution in [0, 0.1) is 0 Å². The SMILES string of the molecule is CC(C)c1ccc2c(c1C(C)C)NCON2. The van der Waals surface area contributed by atoms with E-state index in [0.717, 1.165) is 5.69 Å². The van der Waals surface area contributed by atoms with Gasteiger partial charge in [0.15, 0.2) is 0 Å². The fourth-order valence-electron chi connectivity index (χ4n) is 2.26. The second-order valence-electron chi connectivity index (χ2n) is 4.87. The van der Waals surface area contributed by atoms with E-state index in [9.17, 15) is 0 Å². The van der Waals surface area contributed by atoms with Gasteiger partial charge in [-0.05, 0) is 29.0 Å². The number of anilines is 2. The van der Waals surface area contributed by atoms with Crippen LogP contribution in [0.25, 0.3) is 0 Å². The number of benzene rings is 1. The van der Waals surface area contributed by atoms with E-state index >= 15 is 0 Å². The Morgan fingerprint density at radius 1 is 1.12 bits per heavy atom. The van der Waals surface area contributed by atoms with Gasteiger partial charge in [-0.1, -0.05) is 33.8 Å². The molecule has 1 aromatic rings. The zero-order valence-electron chi connectivity index (χ0n) is 10.4. The number of hydrogen-bond acceptors (Lipinski definition) is 3. The maximum absolute atomic E-state index is 5.17. The summed E-state index contributed by atoms with van der Waals surface area (Å²) in [4.78, 5) is 5.17. The Kier molecular flexibility index (Phi) is 3.06. The smallest absolute Gasteiger partial charge is 0.144 e. The third-order valence-corrected chi connectivity index (χ3v) is 2.98. The van der Waals surface area contributed by atoms with Gasteiger partial charge >= 0.3 is 0 Å². The van der Waals surface area contributed by atoms with E-state index in [1.165, 1.54) is 16.8 Å². The lowest BCUT2D eigenvalue weighted by atomic mass is 9.88. The molecular formula is C13H20N2O. The van der Waals surface area contributed by atoms with Crippen LogP contribution in [0.4, 0.5) is 11.4 Å². The fourth-order valence-corrected chi connectivity index (χ4v) is 2.26. The van der Waals surface area contributed by atoms with Gasteiger partial charge in [0, 0.05) is 0 Å². The van der Waals surface area contributed by atoms with Gasteiger partial charge in [-0.25, -0.2) is 0 Å². The summed E-state index contributed by atoms with van der Waals surface area (Å²) in [6.45, 7) is 9.46. The zero-order chi connectivity index (χ0) is 11.7. The molecule has 0 unspecified atom stereocenters. The monoisotopic (exact) mass is 220 g/mol. The molecule has 0 spiro atoms. The van der Waals surface area contributed by atoms with E-state index in [-0.39, 0.29) is 0 Å². The Labute approximate surface area is 97.1 Å². The van der Waals surface area contributed by atoms with E-state index in [1.54, 1.807) is 0 Å². The van der Waals surface area contributed by atoms with Crippen LogP contribution in [0.2, 0.25) is 0 Å². The molecule has 3 nitrogen and oxygen atoms in total. The molecule has 0 saturated heterocycles. The predicted octanol–water partition coefficient (Wildman–Crippen LogP) is 3.66. The first-order chi connectivity index (χ1) is 7.61. The molecule has 1 heterocycles. The van der Waals surface area contributed by atoms with Gasteiger partial charge in [0.25, 0.3) is 0 Å². The average Bonchev–Trinajstić information content (AvgIpc) is 2.27. The van der Waals surface area contributed by atoms with Gasteiger partial charge < -0.3 is 5.32 Å². The van der Waals surface area contributed by atoms with E-state index in [1.807, 2.05) is 0 Å². The molecule has 88 valence electrons.